The molecule has 0 aliphatic carbocycles. The van der Waals surface area contributed by atoms with E-state index in [4.69, 9.17) is 4.74 Å². The van der Waals surface area contributed by atoms with Crippen LogP contribution in [0.3, 0.4) is 0 Å². The number of benzene rings is 1. The minimum Gasteiger partial charge on any atom is -0.444 e. The van der Waals surface area contributed by atoms with Gasteiger partial charge in [0, 0.05) is 6.54 Å². The van der Waals surface area contributed by atoms with Crippen LogP contribution in [-0.4, -0.2) is 18.2 Å². The van der Waals surface area contributed by atoms with Crippen LogP contribution in [0.4, 0.5) is 9.18 Å². The molecule has 4 heteroatoms. The number of carbonyl (C=O) groups is 1. The summed E-state index contributed by atoms with van der Waals surface area (Å²) in [7, 11) is 0. The van der Waals surface area contributed by atoms with Crippen molar-refractivity contribution in [3.63, 3.8) is 0 Å². The van der Waals surface area contributed by atoms with Gasteiger partial charge in [-0.1, -0.05) is 18.2 Å². The number of ether oxygens (including phenoxy) is 1. The zero-order valence-corrected chi connectivity index (χ0v) is 12.5. The van der Waals surface area contributed by atoms with E-state index in [0.29, 0.717) is 13.0 Å². The van der Waals surface area contributed by atoms with Gasteiger partial charge in [0.05, 0.1) is 0 Å². The summed E-state index contributed by atoms with van der Waals surface area (Å²) in [5.74, 6) is -0.239. The highest BCUT2D eigenvalue weighted by Gasteiger charge is 2.15. The predicted octanol–water partition coefficient (Wildman–Crippen LogP) is 4.06. The van der Waals surface area contributed by atoms with E-state index in [1.807, 2.05) is 45.9 Å². The third-order valence-corrected chi connectivity index (χ3v) is 2.35. The first kappa shape index (κ1) is 16.2. The largest absolute Gasteiger partial charge is 0.444 e. The van der Waals surface area contributed by atoms with Crippen LogP contribution in [0.5, 0.6) is 0 Å². The maximum atomic E-state index is 13.2. The number of halogens is 1. The van der Waals surface area contributed by atoms with Crippen molar-refractivity contribution in [1.29, 1.82) is 0 Å². The second-order valence-electron chi connectivity index (χ2n) is 5.68. The molecule has 110 valence electrons. The number of alkyl carbamates (subject to hydrolysis) is 1. The standard InChI is InChI=1S/C16H22FNO2/c1-12-9-13(11-14(17)10-12)7-5-6-8-18-15(19)20-16(2,3)4/h5,7,9-11H,6,8H2,1-4H3,(H,18,19). The maximum Gasteiger partial charge on any atom is 0.407 e. The molecule has 1 aromatic carbocycles. The van der Waals surface area contributed by atoms with Crippen LogP contribution < -0.4 is 5.32 Å². The van der Waals surface area contributed by atoms with Crippen molar-refractivity contribution in [1.82, 2.24) is 5.32 Å². The summed E-state index contributed by atoms with van der Waals surface area (Å²) >= 11 is 0. The van der Waals surface area contributed by atoms with E-state index in [1.165, 1.54) is 12.1 Å². The summed E-state index contributed by atoms with van der Waals surface area (Å²) in [5, 5.41) is 2.66. The number of hydrogen-bond donors (Lipinski definition) is 1. The second-order valence-corrected chi connectivity index (χ2v) is 5.68. The van der Waals surface area contributed by atoms with Crippen LogP contribution >= 0.6 is 0 Å². The summed E-state index contributed by atoms with van der Waals surface area (Å²) < 4.78 is 18.3. The quantitative estimate of drug-likeness (QED) is 0.844. The molecule has 0 unspecified atom stereocenters. The van der Waals surface area contributed by atoms with Gasteiger partial charge in [-0.25, -0.2) is 9.18 Å². The highest BCUT2D eigenvalue weighted by Crippen LogP contribution is 2.10. The Morgan fingerprint density at radius 1 is 1.35 bits per heavy atom. The first-order chi connectivity index (χ1) is 9.26. The Balaban J connectivity index is 2.34. The lowest BCUT2D eigenvalue weighted by atomic mass is 10.1. The Bertz CT molecular complexity index is 469. The summed E-state index contributed by atoms with van der Waals surface area (Å²) in [6.45, 7) is 7.79. The molecule has 0 heterocycles. The van der Waals surface area contributed by atoms with Gasteiger partial charge in [0.25, 0.3) is 0 Å². The van der Waals surface area contributed by atoms with Crippen molar-refractivity contribution in [2.75, 3.05) is 6.54 Å². The SMILES string of the molecule is Cc1cc(F)cc(C=CCCNC(=O)OC(C)(C)C)c1. The number of hydrogen-bond acceptors (Lipinski definition) is 2. The molecule has 1 rings (SSSR count). The smallest absolute Gasteiger partial charge is 0.407 e. The van der Waals surface area contributed by atoms with Crippen molar-refractivity contribution in [3.8, 4) is 0 Å². The van der Waals surface area contributed by atoms with E-state index in [1.54, 1.807) is 0 Å². The highest BCUT2D eigenvalue weighted by atomic mass is 19.1. The molecule has 1 N–H and O–H groups in total. The van der Waals surface area contributed by atoms with Gasteiger partial charge in [0.2, 0.25) is 0 Å². The molecule has 0 aliphatic rings. The Morgan fingerprint density at radius 3 is 2.65 bits per heavy atom. The molecular weight excluding hydrogens is 257 g/mol. The predicted molar refractivity (Wildman–Crippen MR) is 79.0 cm³/mol. The summed E-state index contributed by atoms with van der Waals surface area (Å²) in [6.07, 6.45) is 3.97. The number of aryl methyl sites for hydroxylation is 1. The number of carbonyl (C=O) groups excluding carboxylic acids is 1. The van der Waals surface area contributed by atoms with E-state index >= 15 is 0 Å². The molecule has 0 fully saturated rings. The fraction of sp³-hybridized carbons (Fsp3) is 0.438. The van der Waals surface area contributed by atoms with E-state index < -0.39 is 11.7 Å². The molecule has 3 nitrogen and oxygen atoms in total. The zero-order chi connectivity index (χ0) is 15.2. The molecule has 1 amide bonds. The van der Waals surface area contributed by atoms with Crippen LogP contribution in [0, 0.1) is 12.7 Å². The molecule has 20 heavy (non-hydrogen) atoms. The lowest BCUT2D eigenvalue weighted by Gasteiger charge is -2.19. The van der Waals surface area contributed by atoms with Gasteiger partial charge in [-0.05, 0) is 57.4 Å². The molecule has 0 aliphatic heterocycles. The van der Waals surface area contributed by atoms with E-state index in [-0.39, 0.29) is 5.82 Å². The van der Waals surface area contributed by atoms with Gasteiger partial charge in [-0.2, -0.15) is 0 Å². The minimum absolute atomic E-state index is 0.239. The fourth-order valence-electron chi connectivity index (χ4n) is 1.65. The van der Waals surface area contributed by atoms with Crippen LogP contribution in [0.1, 0.15) is 38.3 Å². The van der Waals surface area contributed by atoms with Gasteiger partial charge >= 0.3 is 6.09 Å². The Labute approximate surface area is 119 Å². The molecule has 0 aromatic heterocycles. The Morgan fingerprint density at radius 2 is 2.05 bits per heavy atom. The van der Waals surface area contributed by atoms with Crippen molar-refractivity contribution < 1.29 is 13.9 Å². The molecule has 0 saturated carbocycles. The van der Waals surface area contributed by atoms with E-state index in [9.17, 15) is 9.18 Å². The van der Waals surface area contributed by atoms with Crippen molar-refractivity contribution in [3.05, 3.63) is 41.2 Å². The van der Waals surface area contributed by atoms with Crippen molar-refractivity contribution >= 4 is 12.2 Å². The van der Waals surface area contributed by atoms with Gasteiger partial charge in [0.1, 0.15) is 11.4 Å². The van der Waals surface area contributed by atoms with E-state index in [2.05, 4.69) is 5.32 Å². The minimum atomic E-state index is -0.487. The topological polar surface area (TPSA) is 38.3 Å². The second kappa shape index (κ2) is 7.08. The number of amides is 1. The van der Waals surface area contributed by atoms with Gasteiger partial charge in [-0.3, -0.25) is 0 Å². The molecule has 0 bridgehead atoms. The van der Waals surface area contributed by atoms with Gasteiger partial charge in [0.15, 0.2) is 0 Å². The lowest BCUT2D eigenvalue weighted by molar-refractivity contribution is 0.0529. The average Bonchev–Trinajstić information content (AvgIpc) is 2.24. The van der Waals surface area contributed by atoms with Gasteiger partial charge in [-0.15, -0.1) is 0 Å². The lowest BCUT2D eigenvalue weighted by Crippen LogP contribution is -2.32. The third kappa shape index (κ3) is 6.92. The van der Waals surface area contributed by atoms with E-state index in [0.717, 1.165) is 11.1 Å². The Hall–Kier alpha value is -1.84. The van der Waals surface area contributed by atoms with Gasteiger partial charge < -0.3 is 10.1 Å². The molecule has 0 spiro atoms. The average molecular weight is 279 g/mol. The molecule has 0 saturated heterocycles. The summed E-state index contributed by atoms with van der Waals surface area (Å²) in [5.41, 5.74) is 1.22. The van der Waals surface area contributed by atoms with Crippen molar-refractivity contribution in [2.45, 2.75) is 39.7 Å². The summed E-state index contributed by atoms with van der Waals surface area (Å²) in [4.78, 5) is 11.4. The van der Waals surface area contributed by atoms with Crippen LogP contribution in [0.15, 0.2) is 24.3 Å². The van der Waals surface area contributed by atoms with Crippen molar-refractivity contribution in [2.24, 2.45) is 0 Å². The fourth-order valence-corrected chi connectivity index (χ4v) is 1.65. The monoisotopic (exact) mass is 279 g/mol. The first-order valence-corrected chi connectivity index (χ1v) is 6.67. The number of rotatable bonds is 4. The highest BCUT2D eigenvalue weighted by molar-refractivity contribution is 5.67. The normalized spacial score (nSPS) is 11.7. The number of nitrogens with one attached hydrogen (secondary N) is 1. The van der Waals surface area contributed by atoms with Crippen LogP contribution in [0.2, 0.25) is 0 Å². The van der Waals surface area contributed by atoms with Crippen LogP contribution in [-0.2, 0) is 4.74 Å². The third-order valence-electron chi connectivity index (χ3n) is 2.35. The Kier molecular flexibility index (Phi) is 5.74. The summed E-state index contributed by atoms with van der Waals surface area (Å²) in [6, 6.07) is 4.87. The molecular formula is C16H22FNO2. The molecule has 1 aromatic rings. The first-order valence-electron chi connectivity index (χ1n) is 6.67. The molecule has 0 atom stereocenters. The molecule has 0 radical (unpaired) electrons. The van der Waals surface area contributed by atoms with Crippen LogP contribution in [0.25, 0.3) is 6.08 Å². The zero-order valence-electron chi connectivity index (χ0n) is 12.5. The maximum absolute atomic E-state index is 13.2.